The van der Waals surface area contributed by atoms with E-state index in [9.17, 15) is 18.4 Å². The van der Waals surface area contributed by atoms with Crippen LogP contribution in [0.3, 0.4) is 0 Å². The third-order valence-corrected chi connectivity index (χ3v) is 5.13. The molecule has 1 saturated heterocycles. The van der Waals surface area contributed by atoms with Gasteiger partial charge in [0.05, 0.1) is 11.1 Å². The molecule has 1 fully saturated rings. The van der Waals surface area contributed by atoms with Gasteiger partial charge in [-0.05, 0) is 42.8 Å². The summed E-state index contributed by atoms with van der Waals surface area (Å²) < 4.78 is 33.5. The van der Waals surface area contributed by atoms with Crippen molar-refractivity contribution >= 4 is 11.8 Å². The van der Waals surface area contributed by atoms with Gasteiger partial charge in [0.15, 0.2) is 5.76 Å². The third kappa shape index (κ3) is 3.96. The van der Waals surface area contributed by atoms with Crippen molar-refractivity contribution in [1.29, 1.82) is 0 Å². The van der Waals surface area contributed by atoms with E-state index in [1.54, 1.807) is 40.1 Å². The van der Waals surface area contributed by atoms with Gasteiger partial charge in [-0.15, -0.1) is 0 Å². The Kier molecular flexibility index (Phi) is 5.61. The Morgan fingerprint density at radius 2 is 1.37 bits per heavy atom. The maximum absolute atomic E-state index is 14.0. The van der Waals surface area contributed by atoms with Crippen LogP contribution in [-0.4, -0.2) is 47.8 Å². The Bertz CT molecular complexity index is 1080. The van der Waals surface area contributed by atoms with Gasteiger partial charge in [-0.25, -0.2) is 8.78 Å². The highest BCUT2D eigenvalue weighted by Gasteiger charge is 2.26. The summed E-state index contributed by atoms with van der Waals surface area (Å²) in [6.07, 6.45) is 0.562. The molecular formula is C23H20F2N2O3. The molecule has 2 amide bonds. The van der Waals surface area contributed by atoms with E-state index in [-0.39, 0.29) is 34.5 Å². The van der Waals surface area contributed by atoms with Crippen LogP contribution in [0.25, 0.3) is 11.3 Å². The topological polar surface area (TPSA) is 53.8 Å². The van der Waals surface area contributed by atoms with Crippen molar-refractivity contribution in [2.75, 3.05) is 26.2 Å². The third-order valence-electron chi connectivity index (χ3n) is 5.13. The number of carbonyl (C=O) groups is 2. The fourth-order valence-electron chi connectivity index (χ4n) is 3.54. The van der Waals surface area contributed by atoms with Crippen molar-refractivity contribution < 1.29 is 22.8 Å². The molecule has 0 bridgehead atoms. The number of hydrogen-bond donors (Lipinski definition) is 0. The molecule has 1 aromatic heterocycles. The molecule has 0 spiro atoms. The number of rotatable bonds is 3. The molecule has 0 unspecified atom stereocenters. The number of nitrogens with zero attached hydrogens (tertiary/aromatic N) is 2. The van der Waals surface area contributed by atoms with Gasteiger partial charge in [-0.1, -0.05) is 24.3 Å². The molecule has 5 nitrogen and oxygen atoms in total. The van der Waals surface area contributed by atoms with Crippen molar-refractivity contribution in [3.05, 3.63) is 83.6 Å². The lowest BCUT2D eigenvalue weighted by Crippen LogP contribution is -2.37. The van der Waals surface area contributed by atoms with Crippen molar-refractivity contribution in [3.63, 3.8) is 0 Å². The smallest absolute Gasteiger partial charge is 0.289 e. The first-order valence-electron chi connectivity index (χ1n) is 9.72. The zero-order valence-electron chi connectivity index (χ0n) is 16.2. The summed E-state index contributed by atoms with van der Waals surface area (Å²) in [6, 6.07) is 15.1. The van der Waals surface area contributed by atoms with Gasteiger partial charge < -0.3 is 14.2 Å². The average molecular weight is 410 g/mol. The summed E-state index contributed by atoms with van der Waals surface area (Å²) in [6.45, 7) is 1.46. The van der Waals surface area contributed by atoms with Crippen LogP contribution >= 0.6 is 0 Å². The number of halogens is 2. The Morgan fingerprint density at radius 3 is 2.07 bits per heavy atom. The monoisotopic (exact) mass is 410 g/mol. The summed E-state index contributed by atoms with van der Waals surface area (Å²) in [5, 5.41) is 0. The molecule has 0 saturated carbocycles. The van der Waals surface area contributed by atoms with E-state index in [2.05, 4.69) is 0 Å². The zero-order valence-corrected chi connectivity index (χ0v) is 16.2. The number of furan rings is 1. The minimum absolute atomic E-state index is 0.0258. The van der Waals surface area contributed by atoms with Crippen LogP contribution < -0.4 is 0 Å². The molecular weight excluding hydrogens is 390 g/mol. The SMILES string of the molecule is O=C(c1ccc(-c2ccccc2F)o1)N1CCCN(C(=O)c2ccccc2F)CC1. The molecule has 1 aliphatic rings. The van der Waals surface area contributed by atoms with Crippen molar-refractivity contribution in [1.82, 2.24) is 9.80 Å². The highest BCUT2D eigenvalue weighted by molar-refractivity contribution is 5.95. The standard InChI is InChI=1S/C23H20F2N2O3/c24-18-8-3-1-6-16(18)20-10-11-21(30-20)23(29)27-13-5-12-26(14-15-27)22(28)17-7-2-4-9-19(17)25/h1-4,6-11H,5,12-15H2. The van der Waals surface area contributed by atoms with Gasteiger partial charge in [0.1, 0.15) is 17.4 Å². The molecule has 154 valence electrons. The summed E-state index contributed by atoms with van der Waals surface area (Å²) >= 11 is 0. The quantitative estimate of drug-likeness (QED) is 0.650. The fraction of sp³-hybridized carbons (Fsp3) is 0.217. The highest BCUT2D eigenvalue weighted by atomic mass is 19.1. The summed E-state index contributed by atoms with van der Waals surface area (Å²) in [5.74, 6) is -1.30. The summed E-state index contributed by atoms with van der Waals surface area (Å²) in [4.78, 5) is 28.6. The van der Waals surface area contributed by atoms with Crippen molar-refractivity contribution in [2.24, 2.45) is 0 Å². The molecule has 1 aliphatic heterocycles. The number of carbonyl (C=O) groups excluding carboxylic acids is 2. The second-order valence-electron chi connectivity index (χ2n) is 7.06. The van der Waals surface area contributed by atoms with Gasteiger partial charge in [-0.3, -0.25) is 9.59 Å². The minimum atomic E-state index is -0.559. The van der Waals surface area contributed by atoms with Crippen LogP contribution in [0.4, 0.5) is 8.78 Å². The zero-order chi connectivity index (χ0) is 21.1. The van der Waals surface area contributed by atoms with Crippen LogP contribution in [0.5, 0.6) is 0 Å². The Hall–Kier alpha value is -3.48. The molecule has 0 aliphatic carbocycles. The largest absolute Gasteiger partial charge is 0.451 e. The molecule has 2 heterocycles. The van der Waals surface area contributed by atoms with Crippen molar-refractivity contribution in [3.8, 4) is 11.3 Å². The van der Waals surface area contributed by atoms with E-state index in [1.807, 2.05) is 0 Å². The summed E-state index contributed by atoms with van der Waals surface area (Å²) in [5.41, 5.74) is 0.312. The first-order chi connectivity index (χ1) is 14.5. The highest BCUT2D eigenvalue weighted by Crippen LogP contribution is 2.25. The second kappa shape index (κ2) is 8.49. The normalized spacial score (nSPS) is 14.5. The molecule has 0 atom stereocenters. The second-order valence-corrected chi connectivity index (χ2v) is 7.06. The molecule has 7 heteroatoms. The number of benzene rings is 2. The maximum Gasteiger partial charge on any atom is 0.289 e. The van der Waals surface area contributed by atoms with Crippen LogP contribution in [0.15, 0.2) is 65.1 Å². The molecule has 3 aromatic rings. The van der Waals surface area contributed by atoms with E-state index in [1.165, 1.54) is 30.3 Å². The van der Waals surface area contributed by atoms with Gasteiger partial charge >= 0.3 is 0 Å². The number of amides is 2. The predicted octanol–water partition coefficient (Wildman–Crippen LogP) is 4.21. The van der Waals surface area contributed by atoms with Crippen LogP contribution in [0.1, 0.15) is 27.3 Å². The minimum Gasteiger partial charge on any atom is -0.451 e. The van der Waals surface area contributed by atoms with E-state index in [4.69, 9.17) is 4.42 Å². The van der Waals surface area contributed by atoms with E-state index >= 15 is 0 Å². The number of hydrogen-bond acceptors (Lipinski definition) is 3. The fourth-order valence-corrected chi connectivity index (χ4v) is 3.54. The Labute approximate surface area is 172 Å². The average Bonchev–Trinajstić information content (AvgIpc) is 3.11. The lowest BCUT2D eigenvalue weighted by molar-refractivity contribution is 0.0699. The van der Waals surface area contributed by atoms with E-state index in [0.29, 0.717) is 32.6 Å². The van der Waals surface area contributed by atoms with Gasteiger partial charge in [0.2, 0.25) is 0 Å². The van der Waals surface area contributed by atoms with Crippen LogP contribution in [0.2, 0.25) is 0 Å². The lowest BCUT2D eigenvalue weighted by Gasteiger charge is -2.22. The first kappa shape index (κ1) is 19.8. The summed E-state index contributed by atoms with van der Waals surface area (Å²) in [7, 11) is 0. The molecule has 2 aromatic carbocycles. The van der Waals surface area contributed by atoms with Crippen molar-refractivity contribution in [2.45, 2.75) is 6.42 Å². The van der Waals surface area contributed by atoms with E-state index < -0.39 is 11.6 Å². The predicted molar refractivity (Wildman–Crippen MR) is 107 cm³/mol. The Morgan fingerprint density at radius 1 is 0.733 bits per heavy atom. The molecule has 0 N–H and O–H groups in total. The van der Waals surface area contributed by atoms with Crippen LogP contribution in [-0.2, 0) is 0 Å². The molecule has 0 radical (unpaired) electrons. The molecule has 30 heavy (non-hydrogen) atoms. The lowest BCUT2D eigenvalue weighted by atomic mass is 10.1. The maximum atomic E-state index is 14.0. The first-order valence-corrected chi connectivity index (χ1v) is 9.72. The Balaban J connectivity index is 1.45. The van der Waals surface area contributed by atoms with Gasteiger partial charge in [0, 0.05) is 26.2 Å². The van der Waals surface area contributed by atoms with E-state index in [0.717, 1.165) is 0 Å². The van der Waals surface area contributed by atoms with Gasteiger partial charge in [0.25, 0.3) is 11.8 Å². The van der Waals surface area contributed by atoms with Crippen LogP contribution in [0, 0.1) is 11.6 Å². The molecule has 4 rings (SSSR count). The van der Waals surface area contributed by atoms with Gasteiger partial charge in [-0.2, -0.15) is 0 Å².